The average Bonchev–Trinajstić information content (AvgIpc) is 2.51. The second-order valence-corrected chi connectivity index (χ2v) is 7.47. The van der Waals surface area contributed by atoms with Crippen LogP contribution >= 0.6 is 7.82 Å². The summed E-state index contributed by atoms with van der Waals surface area (Å²) in [7, 11) is -3.63. The van der Waals surface area contributed by atoms with Crippen LogP contribution in [0.1, 0.15) is 66.2 Å². The van der Waals surface area contributed by atoms with Crippen molar-refractivity contribution >= 4 is 7.82 Å². The van der Waals surface area contributed by atoms with Crippen LogP contribution in [0, 0.1) is 0 Å². The van der Waals surface area contributed by atoms with Crippen molar-refractivity contribution in [2.75, 3.05) is 0 Å². The van der Waals surface area contributed by atoms with Crippen molar-refractivity contribution in [1.82, 2.24) is 0 Å². The minimum absolute atomic E-state index is 0.164. The van der Waals surface area contributed by atoms with Gasteiger partial charge in [0.1, 0.15) is 5.75 Å². The van der Waals surface area contributed by atoms with Gasteiger partial charge in [0.2, 0.25) is 0 Å². The standard InChI is InChI=1S/C18H31O4P/c1-5-7-12-16(3)20-23(19,21-17(4)13-8-6-2)22-18-14-10-9-11-15-18/h9-11,14-17H,5-8,12-13H2,1-4H3. The highest BCUT2D eigenvalue weighted by Gasteiger charge is 2.33. The normalized spacial score (nSPS) is 16.5. The van der Waals surface area contributed by atoms with Crippen molar-refractivity contribution < 1.29 is 18.1 Å². The maximum absolute atomic E-state index is 13.1. The SMILES string of the molecule is CCCCC(C)OP(=O)(Oc1ccccc1)OC(C)CCCC. The summed E-state index contributed by atoms with van der Waals surface area (Å²) in [6.07, 6.45) is 5.55. The predicted octanol–water partition coefficient (Wildman–Crippen LogP) is 6.36. The van der Waals surface area contributed by atoms with Crippen molar-refractivity contribution in [3.05, 3.63) is 30.3 Å². The van der Waals surface area contributed by atoms with Gasteiger partial charge in [0.05, 0.1) is 12.2 Å². The lowest BCUT2D eigenvalue weighted by molar-refractivity contribution is 0.0830. The van der Waals surface area contributed by atoms with Crippen molar-refractivity contribution in [3.8, 4) is 5.75 Å². The van der Waals surface area contributed by atoms with Crippen LogP contribution in [-0.4, -0.2) is 12.2 Å². The average molecular weight is 342 g/mol. The number of unbranched alkanes of at least 4 members (excludes halogenated alkanes) is 2. The molecule has 132 valence electrons. The minimum Gasteiger partial charge on any atom is -0.404 e. The Bertz CT molecular complexity index is 443. The molecule has 2 unspecified atom stereocenters. The van der Waals surface area contributed by atoms with Crippen LogP contribution < -0.4 is 4.52 Å². The molecule has 1 aromatic rings. The summed E-state index contributed by atoms with van der Waals surface area (Å²) >= 11 is 0. The number of rotatable bonds is 12. The van der Waals surface area contributed by atoms with Crippen LogP contribution in [0.15, 0.2) is 30.3 Å². The molecule has 0 heterocycles. The number of hydrogen-bond donors (Lipinski definition) is 0. The van der Waals surface area contributed by atoms with E-state index in [1.807, 2.05) is 32.0 Å². The molecule has 0 aromatic heterocycles. The summed E-state index contributed by atoms with van der Waals surface area (Å²) in [4.78, 5) is 0. The first-order chi connectivity index (χ1) is 11.0. The molecule has 1 rings (SSSR count). The lowest BCUT2D eigenvalue weighted by Crippen LogP contribution is -2.15. The Kier molecular flexibility index (Phi) is 9.54. The fourth-order valence-electron chi connectivity index (χ4n) is 2.21. The van der Waals surface area contributed by atoms with Crippen LogP contribution in [0.4, 0.5) is 0 Å². The van der Waals surface area contributed by atoms with Crippen LogP contribution in [0.2, 0.25) is 0 Å². The molecule has 0 spiro atoms. The summed E-state index contributed by atoms with van der Waals surface area (Å²) in [5, 5.41) is 0. The van der Waals surface area contributed by atoms with E-state index in [1.54, 1.807) is 12.1 Å². The van der Waals surface area contributed by atoms with Gasteiger partial charge in [-0.2, -0.15) is 0 Å². The Morgan fingerprint density at radius 3 is 1.83 bits per heavy atom. The smallest absolute Gasteiger partial charge is 0.404 e. The van der Waals surface area contributed by atoms with E-state index in [0.717, 1.165) is 38.5 Å². The zero-order valence-corrected chi connectivity index (χ0v) is 15.8. The third-order valence-corrected chi connectivity index (χ3v) is 5.18. The minimum atomic E-state index is -3.63. The fourth-order valence-corrected chi connectivity index (χ4v) is 3.82. The maximum Gasteiger partial charge on any atom is 0.530 e. The van der Waals surface area contributed by atoms with Gasteiger partial charge in [0.25, 0.3) is 0 Å². The van der Waals surface area contributed by atoms with E-state index in [4.69, 9.17) is 13.6 Å². The molecular weight excluding hydrogens is 311 g/mol. The first-order valence-electron chi connectivity index (χ1n) is 8.70. The molecule has 5 heteroatoms. The van der Waals surface area contributed by atoms with Gasteiger partial charge in [-0.15, -0.1) is 0 Å². The van der Waals surface area contributed by atoms with Crippen molar-refractivity contribution in [3.63, 3.8) is 0 Å². The van der Waals surface area contributed by atoms with E-state index in [-0.39, 0.29) is 12.2 Å². The Hall–Kier alpha value is -0.830. The monoisotopic (exact) mass is 342 g/mol. The maximum atomic E-state index is 13.1. The van der Waals surface area contributed by atoms with Gasteiger partial charge in [-0.3, -0.25) is 9.05 Å². The van der Waals surface area contributed by atoms with Gasteiger partial charge in [0, 0.05) is 0 Å². The van der Waals surface area contributed by atoms with Crippen molar-refractivity contribution in [1.29, 1.82) is 0 Å². The second-order valence-electron chi connectivity index (χ2n) is 5.97. The van der Waals surface area contributed by atoms with E-state index < -0.39 is 7.82 Å². The van der Waals surface area contributed by atoms with E-state index >= 15 is 0 Å². The molecule has 0 aliphatic rings. The second kappa shape index (κ2) is 10.9. The number of para-hydroxylation sites is 1. The topological polar surface area (TPSA) is 44.8 Å². The molecule has 2 atom stereocenters. The van der Waals surface area contributed by atoms with E-state index in [0.29, 0.717) is 5.75 Å². The van der Waals surface area contributed by atoms with Gasteiger partial charge in [-0.1, -0.05) is 57.7 Å². The van der Waals surface area contributed by atoms with Gasteiger partial charge in [-0.25, -0.2) is 4.57 Å². The third kappa shape index (κ3) is 8.55. The zero-order valence-electron chi connectivity index (χ0n) is 14.9. The fraction of sp³-hybridized carbons (Fsp3) is 0.667. The summed E-state index contributed by atoms with van der Waals surface area (Å²) in [5.74, 6) is 0.501. The quantitative estimate of drug-likeness (QED) is 0.414. The number of phosphoric ester groups is 1. The largest absolute Gasteiger partial charge is 0.530 e. The molecular formula is C18H31O4P. The summed E-state index contributed by atoms with van der Waals surface area (Å²) in [6.45, 7) is 8.07. The molecule has 0 N–H and O–H groups in total. The molecule has 0 aliphatic heterocycles. The number of phosphoric acid groups is 1. The zero-order chi connectivity index (χ0) is 17.1. The predicted molar refractivity (Wildman–Crippen MR) is 94.8 cm³/mol. The Balaban J connectivity index is 2.75. The summed E-state index contributed by atoms with van der Waals surface area (Å²) < 4.78 is 30.1. The molecule has 0 fully saturated rings. The molecule has 4 nitrogen and oxygen atoms in total. The highest BCUT2D eigenvalue weighted by Crippen LogP contribution is 2.52. The third-order valence-electron chi connectivity index (χ3n) is 3.51. The summed E-state index contributed by atoms with van der Waals surface area (Å²) in [5.41, 5.74) is 0. The van der Waals surface area contributed by atoms with E-state index in [9.17, 15) is 4.57 Å². The highest BCUT2D eigenvalue weighted by atomic mass is 31.2. The van der Waals surface area contributed by atoms with E-state index in [2.05, 4.69) is 13.8 Å². The highest BCUT2D eigenvalue weighted by molar-refractivity contribution is 7.49. The van der Waals surface area contributed by atoms with Crippen LogP contribution in [0.3, 0.4) is 0 Å². The Morgan fingerprint density at radius 1 is 0.913 bits per heavy atom. The molecule has 0 saturated carbocycles. The molecule has 0 aliphatic carbocycles. The lowest BCUT2D eigenvalue weighted by Gasteiger charge is -2.24. The molecule has 0 bridgehead atoms. The molecule has 0 radical (unpaired) electrons. The number of benzene rings is 1. The van der Waals surface area contributed by atoms with Crippen molar-refractivity contribution in [2.24, 2.45) is 0 Å². The van der Waals surface area contributed by atoms with Gasteiger partial charge in [0.15, 0.2) is 0 Å². The molecule has 0 amide bonds. The lowest BCUT2D eigenvalue weighted by atomic mass is 10.2. The van der Waals surface area contributed by atoms with Crippen LogP contribution in [0.5, 0.6) is 5.75 Å². The first-order valence-corrected chi connectivity index (χ1v) is 10.2. The van der Waals surface area contributed by atoms with Gasteiger partial charge in [-0.05, 0) is 38.8 Å². The number of hydrogen-bond acceptors (Lipinski definition) is 4. The van der Waals surface area contributed by atoms with Crippen LogP contribution in [-0.2, 0) is 13.6 Å². The van der Waals surface area contributed by atoms with Crippen molar-refractivity contribution in [2.45, 2.75) is 78.4 Å². The Morgan fingerprint density at radius 2 is 1.39 bits per heavy atom. The van der Waals surface area contributed by atoms with Gasteiger partial charge < -0.3 is 4.52 Å². The first kappa shape index (κ1) is 20.2. The molecule has 0 saturated heterocycles. The van der Waals surface area contributed by atoms with E-state index in [1.165, 1.54) is 0 Å². The van der Waals surface area contributed by atoms with Gasteiger partial charge >= 0.3 is 7.82 Å². The summed E-state index contributed by atoms with van der Waals surface area (Å²) in [6, 6.07) is 9.06. The molecule has 1 aromatic carbocycles. The Labute approximate surface area is 141 Å². The van der Waals surface area contributed by atoms with Crippen LogP contribution in [0.25, 0.3) is 0 Å². The molecule has 23 heavy (non-hydrogen) atoms.